The van der Waals surface area contributed by atoms with Gasteiger partial charge in [0.2, 0.25) is 0 Å². The molecule has 1 N–H and O–H groups in total. The molecule has 0 spiro atoms. The van der Waals surface area contributed by atoms with Crippen molar-refractivity contribution in [3.63, 3.8) is 0 Å². The second kappa shape index (κ2) is 5.61. The molecule has 0 fully saturated rings. The molecule has 0 saturated carbocycles. The van der Waals surface area contributed by atoms with Crippen LogP contribution in [0.2, 0.25) is 0 Å². The van der Waals surface area contributed by atoms with Crippen LogP contribution in [0.3, 0.4) is 0 Å². The minimum Gasteiger partial charge on any atom is -0.493 e. The summed E-state index contributed by atoms with van der Waals surface area (Å²) in [6, 6.07) is 3.64. The molecule has 0 saturated heterocycles. The van der Waals surface area contributed by atoms with Crippen LogP contribution in [0.1, 0.15) is 25.8 Å². The Morgan fingerprint density at radius 1 is 1.33 bits per heavy atom. The first-order chi connectivity index (χ1) is 8.33. The highest BCUT2D eigenvalue weighted by molar-refractivity contribution is 9.10. The van der Waals surface area contributed by atoms with E-state index in [1.54, 1.807) is 20.3 Å². The second-order valence-electron chi connectivity index (χ2n) is 4.62. The average molecular weight is 317 g/mol. The van der Waals surface area contributed by atoms with Gasteiger partial charge in [0, 0.05) is 5.41 Å². The summed E-state index contributed by atoms with van der Waals surface area (Å²) in [7, 11) is 3.11. The zero-order valence-corrected chi connectivity index (χ0v) is 12.5. The number of benzene rings is 1. The van der Waals surface area contributed by atoms with Crippen LogP contribution in [0, 0.1) is 0 Å². The smallest absolute Gasteiger partial charge is 0.304 e. The number of halogens is 1. The lowest BCUT2D eigenvalue weighted by Crippen LogP contribution is -2.22. The fourth-order valence-corrected chi connectivity index (χ4v) is 2.91. The van der Waals surface area contributed by atoms with Crippen molar-refractivity contribution in [2.75, 3.05) is 14.2 Å². The van der Waals surface area contributed by atoms with Gasteiger partial charge in [-0.1, -0.05) is 19.9 Å². The van der Waals surface area contributed by atoms with Crippen molar-refractivity contribution in [1.29, 1.82) is 0 Å². The maximum Gasteiger partial charge on any atom is 0.304 e. The molecule has 0 radical (unpaired) electrons. The predicted molar refractivity (Wildman–Crippen MR) is 72.5 cm³/mol. The number of hydrogen-bond donors (Lipinski definition) is 1. The first-order valence-corrected chi connectivity index (χ1v) is 6.25. The molecule has 0 aromatic heterocycles. The third-order valence-electron chi connectivity index (χ3n) is 2.81. The zero-order chi connectivity index (χ0) is 13.9. The third kappa shape index (κ3) is 2.96. The number of hydrogen-bond acceptors (Lipinski definition) is 3. The fraction of sp³-hybridized carbons (Fsp3) is 0.462. The lowest BCUT2D eigenvalue weighted by molar-refractivity contribution is -0.138. The number of methoxy groups -OCH3 is 2. The standard InChI is InChI=1S/C13H17BrO4/c1-13(2,7-10(15)16)8-5-6-9(17-3)12(18-4)11(8)14/h5-6H,7H2,1-4H3,(H,15,16). The topological polar surface area (TPSA) is 55.8 Å². The Bertz CT molecular complexity index is 455. The van der Waals surface area contributed by atoms with E-state index in [-0.39, 0.29) is 6.42 Å². The number of carbonyl (C=O) groups is 1. The molecule has 0 unspecified atom stereocenters. The van der Waals surface area contributed by atoms with Gasteiger partial charge in [-0.15, -0.1) is 0 Å². The maximum atomic E-state index is 10.9. The van der Waals surface area contributed by atoms with Crippen LogP contribution in [-0.2, 0) is 10.2 Å². The molecule has 0 aliphatic carbocycles. The summed E-state index contributed by atoms with van der Waals surface area (Å²) in [5.41, 5.74) is 0.382. The molecule has 4 nitrogen and oxygen atoms in total. The Morgan fingerprint density at radius 2 is 1.94 bits per heavy atom. The predicted octanol–water partition coefficient (Wildman–Crippen LogP) is 3.22. The summed E-state index contributed by atoms with van der Waals surface area (Å²) in [5, 5.41) is 8.96. The van der Waals surface area contributed by atoms with Gasteiger partial charge in [0.05, 0.1) is 25.1 Å². The molecule has 1 rings (SSSR count). The van der Waals surface area contributed by atoms with E-state index in [2.05, 4.69) is 15.9 Å². The highest BCUT2D eigenvalue weighted by Crippen LogP contribution is 2.43. The minimum atomic E-state index is -0.832. The van der Waals surface area contributed by atoms with Crippen molar-refractivity contribution in [2.45, 2.75) is 25.7 Å². The van der Waals surface area contributed by atoms with E-state index in [0.717, 1.165) is 10.0 Å². The van der Waals surface area contributed by atoms with Crippen molar-refractivity contribution in [3.8, 4) is 11.5 Å². The van der Waals surface area contributed by atoms with Gasteiger partial charge in [0.25, 0.3) is 0 Å². The van der Waals surface area contributed by atoms with Gasteiger partial charge >= 0.3 is 5.97 Å². The second-order valence-corrected chi connectivity index (χ2v) is 5.41. The van der Waals surface area contributed by atoms with Gasteiger partial charge in [0.15, 0.2) is 11.5 Å². The molecule has 5 heteroatoms. The van der Waals surface area contributed by atoms with Gasteiger partial charge in [-0.2, -0.15) is 0 Å². The lowest BCUT2D eigenvalue weighted by Gasteiger charge is -2.26. The van der Waals surface area contributed by atoms with Gasteiger partial charge in [-0.3, -0.25) is 4.79 Å². The van der Waals surface area contributed by atoms with Crippen molar-refractivity contribution in [3.05, 3.63) is 22.2 Å². The molecule has 0 aliphatic rings. The first-order valence-electron chi connectivity index (χ1n) is 5.46. The van der Waals surface area contributed by atoms with Crippen LogP contribution >= 0.6 is 15.9 Å². The van der Waals surface area contributed by atoms with Crippen LogP contribution in [0.25, 0.3) is 0 Å². The zero-order valence-electron chi connectivity index (χ0n) is 10.9. The van der Waals surface area contributed by atoms with Crippen molar-refractivity contribution >= 4 is 21.9 Å². The monoisotopic (exact) mass is 316 g/mol. The van der Waals surface area contributed by atoms with Crippen LogP contribution in [-0.4, -0.2) is 25.3 Å². The van der Waals surface area contributed by atoms with Gasteiger partial charge < -0.3 is 14.6 Å². The largest absolute Gasteiger partial charge is 0.493 e. The van der Waals surface area contributed by atoms with Crippen LogP contribution in [0.5, 0.6) is 11.5 Å². The highest BCUT2D eigenvalue weighted by atomic mass is 79.9. The Hall–Kier alpha value is -1.23. The number of carboxylic acids is 1. The molecule has 0 amide bonds. The number of aliphatic carboxylic acids is 1. The number of carboxylic acid groups (broad SMARTS) is 1. The quantitative estimate of drug-likeness (QED) is 0.906. The minimum absolute atomic E-state index is 0.0427. The van der Waals surface area contributed by atoms with E-state index in [4.69, 9.17) is 14.6 Å². The summed E-state index contributed by atoms with van der Waals surface area (Å²) in [6.45, 7) is 3.76. The maximum absolute atomic E-state index is 10.9. The van der Waals surface area contributed by atoms with E-state index in [1.165, 1.54) is 0 Å². The van der Waals surface area contributed by atoms with Crippen LogP contribution in [0.4, 0.5) is 0 Å². The number of rotatable bonds is 5. The fourth-order valence-electron chi connectivity index (χ4n) is 1.89. The molecule has 1 aromatic carbocycles. The Balaban J connectivity index is 3.30. The lowest BCUT2D eigenvalue weighted by atomic mass is 9.81. The average Bonchev–Trinajstić information content (AvgIpc) is 2.26. The molecular formula is C13H17BrO4. The van der Waals surface area contributed by atoms with Crippen molar-refractivity contribution in [1.82, 2.24) is 0 Å². The molecule has 18 heavy (non-hydrogen) atoms. The van der Waals surface area contributed by atoms with Gasteiger partial charge in [-0.05, 0) is 27.6 Å². The molecule has 0 bridgehead atoms. The summed E-state index contributed by atoms with van der Waals surface area (Å²) in [5.74, 6) is 0.356. The van der Waals surface area contributed by atoms with E-state index >= 15 is 0 Å². The Labute approximate surface area is 115 Å². The van der Waals surface area contributed by atoms with Crippen LogP contribution < -0.4 is 9.47 Å². The summed E-state index contributed by atoms with van der Waals surface area (Å²) in [6.07, 6.45) is 0.0427. The normalized spacial score (nSPS) is 11.2. The summed E-state index contributed by atoms with van der Waals surface area (Å²) in [4.78, 5) is 10.9. The molecule has 0 atom stereocenters. The third-order valence-corrected chi connectivity index (χ3v) is 3.59. The van der Waals surface area contributed by atoms with Crippen LogP contribution in [0.15, 0.2) is 16.6 Å². The van der Waals surface area contributed by atoms with Crippen molar-refractivity contribution in [2.24, 2.45) is 0 Å². The SMILES string of the molecule is COc1ccc(C(C)(C)CC(=O)O)c(Br)c1OC. The summed E-state index contributed by atoms with van der Waals surface area (Å²) < 4.78 is 11.2. The van der Waals surface area contributed by atoms with E-state index in [0.29, 0.717) is 11.5 Å². The Morgan fingerprint density at radius 3 is 2.39 bits per heavy atom. The number of ether oxygens (including phenoxy) is 2. The van der Waals surface area contributed by atoms with E-state index in [9.17, 15) is 4.79 Å². The Kier molecular flexibility index (Phi) is 4.62. The molecular weight excluding hydrogens is 300 g/mol. The highest BCUT2D eigenvalue weighted by Gasteiger charge is 2.28. The van der Waals surface area contributed by atoms with Gasteiger partial charge in [-0.25, -0.2) is 0 Å². The molecule has 0 heterocycles. The molecule has 100 valence electrons. The summed E-state index contributed by atoms with van der Waals surface area (Å²) >= 11 is 3.46. The van der Waals surface area contributed by atoms with E-state index in [1.807, 2.05) is 19.9 Å². The first kappa shape index (κ1) is 14.8. The molecule has 0 aliphatic heterocycles. The molecule has 1 aromatic rings. The van der Waals surface area contributed by atoms with Crippen molar-refractivity contribution < 1.29 is 19.4 Å². The van der Waals surface area contributed by atoms with Gasteiger partial charge in [0.1, 0.15) is 0 Å². The van der Waals surface area contributed by atoms with E-state index < -0.39 is 11.4 Å².